The Hall–Kier alpha value is -2.30. The van der Waals surface area contributed by atoms with E-state index in [-0.39, 0.29) is 11.6 Å². The number of anilines is 1. The van der Waals surface area contributed by atoms with Crippen molar-refractivity contribution >= 4 is 17.7 Å². The van der Waals surface area contributed by atoms with Crippen molar-refractivity contribution in [3.05, 3.63) is 42.5 Å². The predicted molar refractivity (Wildman–Crippen MR) is 65.2 cm³/mol. The number of carbonyl (C=O) groups is 2. The first kappa shape index (κ1) is 12.8. The first-order chi connectivity index (χ1) is 8.13. The van der Waals surface area contributed by atoms with Crippen LogP contribution in [0.2, 0.25) is 0 Å². The van der Waals surface area contributed by atoms with Crippen molar-refractivity contribution in [3.8, 4) is 0 Å². The number of hydrogen-bond donors (Lipinski definition) is 3. The lowest BCUT2D eigenvalue weighted by molar-refractivity contribution is 0.0697. The second kappa shape index (κ2) is 6.32. The zero-order valence-corrected chi connectivity index (χ0v) is 9.27. The van der Waals surface area contributed by atoms with Crippen LogP contribution in [0.5, 0.6) is 0 Å². The summed E-state index contributed by atoms with van der Waals surface area (Å²) in [5.74, 6) is -0.994. The standard InChI is InChI=1S/C12H14N2O3/c1-2-3-8-13-12(17)14-10-6-4-9(5-7-10)11(15)16/h2,4-7H,1,3,8H2,(H,15,16)(H2,13,14,17). The van der Waals surface area contributed by atoms with Crippen LogP contribution >= 0.6 is 0 Å². The summed E-state index contributed by atoms with van der Waals surface area (Å²) < 4.78 is 0. The molecule has 0 heterocycles. The van der Waals surface area contributed by atoms with Gasteiger partial charge in [0.1, 0.15) is 0 Å². The third kappa shape index (κ3) is 4.38. The third-order valence-corrected chi connectivity index (χ3v) is 2.02. The molecule has 0 spiro atoms. The van der Waals surface area contributed by atoms with Crippen LogP contribution in [0.25, 0.3) is 0 Å². The number of urea groups is 1. The number of aromatic carboxylic acids is 1. The van der Waals surface area contributed by atoms with Gasteiger partial charge in [-0.25, -0.2) is 9.59 Å². The van der Waals surface area contributed by atoms with Crippen LogP contribution in [-0.4, -0.2) is 23.7 Å². The maximum Gasteiger partial charge on any atom is 0.335 e. The fourth-order valence-electron chi connectivity index (χ4n) is 1.16. The third-order valence-electron chi connectivity index (χ3n) is 2.02. The van der Waals surface area contributed by atoms with Gasteiger partial charge in [-0.2, -0.15) is 0 Å². The van der Waals surface area contributed by atoms with Crippen molar-refractivity contribution in [2.45, 2.75) is 6.42 Å². The highest BCUT2D eigenvalue weighted by atomic mass is 16.4. The number of carboxylic acid groups (broad SMARTS) is 1. The largest absolute Gasteiger partial charge is 0.478 e. The molecule has 1 aromatic rings. The molecular weight excluding hydrogens is 220 g/mol. The van der Waals surface area contributed by atoms with E-state index in [0.717, 1.165) is 0 Å². The summed E-state index contributed by atoms with van der Waals surface area (Å²) in [6, 6.07) is 5.62. The van der Waals surface area contributed by atoms with Gasteiger partial charge in [0, 0.05) is 12.2 Å². The SMILES string of the molecule is C=CCCNC(=O)Nc1ccc(C(=O)O)cc1. The molecule has 0 saturated heterocycles. The fourth-order valence-corrected chi connectivity index (χ4v) is 1.16. The van der Waals surface area contributed by atoms with Crippen molar-refractivity contribution < 1.29 is 14.7 Å². The number of benzene rings is 1. The van der Waals surface area contributed by atoms with Gasteiger partial charge in [0.15, 0.2) is 0 Å². The Morgan fingerprint density at radius 1 is 1.29 bits per heavy atom. The lowest BCUT2D eigenvalue weighted by atomic mass is 10.2. The second-order valence-corrected chi connectivity index (χ2v) is 3.34. The predicted octanol–water partition coefficient (Wildman–Crippen LogP) is 2.08. The van der Waals surface area contributed by atoms with Crippen LogP contribution in [0.4, 0.5) is 10.5 Å². The summed E-state index contributed by atoms with van der Waals surface area (Å²) in [4.78, 5) is 21.9. The van der Waals surface area contributed by atoms with E-state index in [0.29, 0.717) is 18.7 Å². The number of amides is 2. The van der Waals surface area contributed by atoms with Crippen molar-refractivity contribution in [2.75, 3.05) is 11.9 Å². The van der Waals surface area contributed by atoms with Crippen LogP contribution in [0.15, 0.2) is 36.9 Å². The average Bonchev–Trinajstić information content (AvgIpc) is 2.30. The Morgan fingerprint density at radius 2 is 1.94 bits per heavy atom. The number of rotatable bonds is 5. The molecule has 1 aromatic carbocycles. The summed E-state index contributed by atoms with van der Waals surface area (Å²) in [6.45, 7) is 4.06. The Balaban J connectivity index is 2.48. The average molecular weight is 234 g/mol. The molecule has 0 bridgehead atoms. The lowest BCUT2D eigenvalue weighted by Crippen LogP contribution is -2.29. The van der Waals surface area contributed by atoms with E-state index in [2.05, 4.69) is 17.2 Å². The van der Waals surface area contributed by atoms with Crippen molar-refractivity contribution in [1.29, 1.82) is 0 Å². The van der Waals surface area contributed by atoms with E-state index < -0.39 is 5.97 Å². The molecule has 0 aromatic heterocycles. The fraction of sp³-hybridized carbons (Fsp3) is 0.167. The molecule has 0 fully saturated rings. The Kier molecular flexibility index (Phi) is 4.75. The molecule has 1 rings (SSSR count). The van der Waals surface area contributed by atoms with Crippen molar-refractivity contribution in [1.82, 2.24) is 5.32 Å². The molecule has 0 aliphatic heterocycles. The smallest absolute Gasteiger partial charge is 0.335 e. The van der Waals surface area contributed by atoms with Gasteiger partial charge in [-0.15, -0.1) is 6.58 Å². The quantitative estimate of drug-likeness (QED) is 0.539. The van der Waals surface area contributed by atoms with Gasteiger partial charge < -0.3 is 15.7 Å². The number of hydrogen-bond acceptors (Lipinski definition) is 2. The number of nitrogens with one attached hydrogen (secondary N) is 2. The van der Waals surface area contributed by atoms with Gasteiger partial charge in [-0.05, 0) is 30.7 Å². The summed E-state index contributed by atoms with van der Waals surface area (Å²) in [5.41, 5.74) is 0.730. The van der Waals surface area contributed by atoms with E-state index in [9.17, 15) is 9.59 Å². The van der Waals surface area contributed by atoms with Crippen molar-refractivity contribution in [2.24, 2.45) is 0 Å². The summed E-state index contributed by atoms with van der Waals surface area (Å²) in [7, 11) is 0. The Labute approximate surface area is 99.1 Å². The normalized spacial score (nSPS) is 9.41. The minimum atomic E-state index is -0.994. The number of carbonyl (C=O) groups excluding carboxylic acids is 1. The molecule has 0 radical (unpaired) electrons. The monoisotopic (exact) mass is 234 g/mol. The molecule has 5 nitrogen and oxygen atoms in total. The molecule has 2 amide bonds. The van der Waals surface area contributed by atoms with Crippen LogP contribution in [0.3, 0.4) is 0 Å². The van der Waals surface area contributed by atoms with Gasteiger partial charge in [0.05, 0.1) is 5.56 Å². The molecule has 0 saturated carbocycles. The van der Waals surface area contributed by atoms with Gasteiger partial charge in [-0.3, -0.25) is 0 Å². The van der Waals surface area contributed by atoms with Gasteiger partial charge in [0.2, 0.25) is 0 Å². The molecular formula is C12H14N2O3. The lowest BCUT2D eigenvalue weighted by Gasteiger charge is -2.06. The maximum absolute atomic E-state index is 11.3. The summed E-state index contributed by atoms with van der Waals surface area (Å²) in [5, 5.41) is 13.9. The van der Waals surface area contributed by atoms with Gasteiger partial charge in [-0.1, -0.05) is 6.08 Å². The molecule has 0 aliphatic rings. The summed E-state index contributed by atoms with van der Waals surface area (Å²) in [6.07, 6.45) is 2.41. The van der Waals surface area contributed by atoms with E-state index in [1.165, 1.54) is 24.3 Å². The first-order valence-electron chi connectivity index (χ1n) is 5.12. The first-order valence-corrected chi connectivity index (χ1v) is 5.12. The number of carboxylic acids is 1. The van der Waals surface area contributed by atoms with Crippen LogP contribution < -0.4 is 10.6 Å². The highest BCUT2D eigenvalue weighted by Crippen LogP contribution is 2.09. The van der Waals surface area contributed by atoms with Crippen LogP contribution in [0, 0.1) is 0 Å². The minimum Gasteiger partial charge on any atom is -0.478 e. The Bertz CT molecular complexity index is 412. The highest BCUT2D eigenvalue weighted by molar-refractivity contribution is 5.91. The Morgan fingerprint density at radius 3 is 2.47 bits per heavy atom. The van der Waals surface area contributed by atoms with Crippen molar-refractivity contribution in [3.63, 3.8) is 0 Å². The molecule has 3 N–H and O–H groups in total. The topological polar surface area (TPSA) is 78.4 Å². The zero-order valence-electron chi connectivity index (χ0n) is 9.27. The molecule has 0 atom stereocenters. The summed E-state index contributed by atoms with van der Waals surface area (Å²) >= 11 is 0. The van der Waals surface area contributed by atoms with Gasteiger partial charge >= 0.3 is 12.0 Å². The van der Waals surface area contributed by atoms with Gasteiger partial charge in [0.25, 0.3) is 0 Å². The van der Waals surface area contributed by atoms with E-state index in [4.69, 9.17) is 5.11 Å². The second-order valence-electron chi connectivity index (χ2n) is 3.34. The molecule has 5 heteroatoms. The maximum atomic E-state index is 11.3. The molecule has 90 valence electrons. The minimum absolute atomic E-state index is 0.183. The molecule has 0 aliphatic carbocycles. The van der Waals surface area contributed by atoms with Crippen LogP contribution in [0.1, 0.15) is 16.8 Å². The molecule has 17 heavy (non-hydrogen) atoms. The van der Waals surface area contributed by atoms with Crippen LogP contribution in [-0.2, 0) is 0 Å². The van der Waals surface area contributed by atoms with E-state index >= 15 is 0 Å². The zero-order chi connectivity index (χ0) is 12.7. The molecule has 0 unspecified atom stereocenters. The van der Waals surface area contributed by atoms with E-state index in [1.54, 1.807) is 6.08 Å². The van der Waals surface area contributed by atoms with E-state index in [1.807, 2.05) is 0 Å². The highest BCUT2D eigenvalue weighted by Gasteiger charge is 2.03.